The van der Waals surface area contributed by atoms with Gasteiger partial charge in [0.25, 0.3) is 0 Å². The summed E-state index contributed by atoms with van der Waals surface area (Å²) in [5, 5.41) is 12.7. The van der Waals surface area contributed by atoms with Crippen molar-refractivity contribution in [1.82, 2.24) is 10.2 Å². The van der Waals surface area contributed by atoms with Gasteiger partial charge in [0, 0.05) is 6.54 Å². The molecule has 4 nitrogen and oxygen atoms in total. The zero-order valence-corrected chi connectivity index (χ0v) is 7.92. The van der Waals surface area contributed by atoms with Gasteiger partial charge in [-0.3, -0.25) is 9.69 Å². The molecular formula is C9H17N2O2. The maximum Gasteiger partial charge on any atom is 0.234 e. The van der Waals surface area contributed by atoms with Crippen molar-refractivity contribution in [3.8, 4) is 0 Å². The average Bonchev–Trinajstić information content (AvgIpc) is 2.16. The molecule has 0 unspecified atom stereocenters. The Hall–Kier alpha value is -0.610. The molecule has 1 amide bonds. The highest BCUT2D eigenvalue weighted by Crippen LogP contribution is 2.07. The van der Waals surface area contributed by atoms with E-state index in [2.05, 4.69) is 10.2 Å². The van der Waals surface area contributed by atoms with Crippen molar-refractivity contribution in [3.63, 3.8) is 0 Å². The van der Waals surface area contributed by atoms with Crippen LogP contribution in [0.2, 0.25) is 0 Å². The van der Waals surface area contributed by atoms with E-state index in [0.717, 1.165) is 13.1 Å². The van der Waals surface area contributed by atoms with Gasteiger partial charge in [0.15, 0.2) is 0 Å². The first-order chi connectivity index (χ1) is 6.33. The van der Waals surface area contributed by atoms with Crippen LogP contribution in [0.15, 0.2) is 0 Å². The molecule has 0 aromatic rings. The minimum absolute atomic E-state index is 0.0160. The van der Waals surface area contributed by atoms with E-state index < -0.39 is 0 Å². The minimum atomic E-state index is -0.230. The van der Waals surface area contributed by atoms with E-state index in [1.165, 1.54) is 19.3 Å². The van der Waals surface area contributed by atoms with Crippen molar-refractivity contribution in [2.45, 2.75) is 19.3 Å². The van der Waals surface area contributed by atoms with Crippen LogP contribution in [0.25, 0.3) is 0 Å². The predicted octanol–water partition coefficient (Wildman–Crippen LogP) is 0.0190. The van der Waals surface area contributed by atoms with Crippen molar-refractivity contribution in [3.05, 3.63) is 0 Å². The molecule has 0 atom stereocenters. The quantitative estimate of drug-likeness (QED) is 0.671. The topological polar surface area (TPSA) is 52.2 Å². The molecule has 1 aliphatic heterocycles. The van der Waals surface area contributed by atoms with Crippen LogP contribution < -0.4 is 5.32 Å². The SMILES string of the molecule is [O]CCNC(=O)CN1CCCCC1. The Labute approximate surface area is 78.9 Å². The molecule has 0 aromatic heterocycles. The summed E-state index contributed by atoms with van der Waals surface area (Å²) in [6.07, 6.45) is 3.66. The molecule has 0 saturated carbocycles. The molecule has 13 heavy (non-hydrogen) atoms. The molecule has 0 spiro atoms. The summed E-state index contributed by atoms with van der Waals surface area (Å²) in [6.45, 7) is 2.52. The molecule has 4 heteroatoms. The summed E-state index contributed by atoms with van der Waals surface area (Å²) in [7, 11) is 0. The van der Waals surface area contributed by atoms with Crippen molar-refractivity contribution >= 4 is 5.91 Å². The maximum absolute atomic E-state index is 11.2. The van der Waals surface area contributed by atoms with Gasteiger partial charge in [-0.15, -0.1) is 0 Å². The molecule has 1 rings (SSSR count). The Kier molecular flexibility index (Phi) is 4.78. The lowest BCUT2D eigenvalue weighted by Crippen LogP contribution is -2.40. The third-order valence-corrected chi connectivity index (χ3v) is 2.24. The monoisotopic (exact) mass is 185 g/mol. The zero-order chi connectivity index (χ0) is 9.52. The Bertz CT molecular complexity index is 156. The number of rotatable bonds is 4. The van der Waals surface area contributed by atoms with Crippen LogP contribution in [-0.4, -0.2) is 43.6 Å². The second-order valence-electron chi connectivity index (χ2n) is 3.39. The molecule has 0 aromatic carbocycles. The van der Waals surface area contributed by atoms with Gasteiger partial charge in [0.2, 0.25) is 5.91 Å². The molecular weight excluding hydrogens is 168 g/mol. The number of nitrogens with one attached hydrogen (secondary N) is 1. The Morgan fingerprint density at radius 2 is 1.92 bits per heavy atom. The maximum atomic E-state index is 11.2. The number of hydrogen-bond acceptors (Lipinski definition) is 2. The molecule has 1 radical (unpaired) electrons. The minimum Gasteiger partial charge on any atom is -0.353 e. The van der Waals surface area contributed by atoms with Gasteiger partial charge in [-0.05, 0) is 25.9 Å². The van der Waals surface area contributed by atoms with Gasteiger partial charge in [-0.2, -0.15) is 0 Å². The molecule has 1 fully saturated rings. The Morgan fingerprint density at radius 3 is 2.54 bits per heavy atom. The molecule has 75 valence electrons. The van der Waals surface area contributed by atoms with E-state index >= 15 is 0 Å². The number of carbonyl (C=O) groups excluding carboxylic acids is 1. The Morgan fingerprint density at radius 1 is 1.23 bits per heavy atom. The highest BCUT2D eigenvalue weighted by Gasteiger charge is 2.12. The average molecular weight is 185 g/mol. The molecule has 0 aliphatic carbocycles. The van der Waals surface area contributed by atoms with Crippen LogP contribution in [0.1, 0.15) is 19.3 Å². The van der Waals surface area contributed by atoms with E-state index in [4.69, 9.17) is 0 Å². The molecule has 1 aliphatic rings. The summed E-state index contributed by atoms with van der Waals surface area (Å²) in [5.74, 6) is -0.0160. The van der Waals surface area contributed by atoms with Crippen molar-refractivity contribution in [2.24, 2.45) is 0 Å². The lowest BCUT2D eigenvalue weighted by atomic mass is 10.1. The fourth-order valence-electron chi connectivity index (χ4n) is 1.57. The van der Waals surface area contributed by atoms with Gasteiger partial charge >= 0.3 is 0 Å². The molecule has 1 N–H and O–H groups in total. The summed E-state index contributed by atoms with van der Waals surface area (Å²) < 4.78 is 0. The predicted molar refractivity (Wildman–Crippen MR) is 48.9 cm³/mol. The van der Waals surface area contributed by atoms with E-state index in [1.54, 1.807) is 0 Å². The number of piperidine rings is 1. The van der Waals surface area contributed by atoms with Gasteiger partial charge in [-0.1, -0.05) is 6.42 Å². The highest BCUT2D eigenvalue weighted by atomic mass is 16.3. The van der Waals surface area contributed by atoms with Crippen molar-refractivity contribution < 1.29 is 9.90 Å². The first-order valence-corrected chi connectivity index (χ1v) is 4.90. The first-order valence-electron chi connectivity index (χ1n) is 4.90. The van der Waals surface area contributed by atoms with E-state index in [9.17, 15) is 9.90 Å². The van der Waals surface area contributed by atoms with Crippen LogP contribution in [0.4, 0.5) is 0 Å². The van der Waals surface area contributed by atoms with E-state index in [-0.39, 0.29) is 19.1 Å². The van der Waals surface area contributed by atoms with Crippen LogP contribution in [0.3, 0.4) is 0 Å². The number of nitrogens with zero attached hydrogens (tertiary/aromatic N) is 1. The third kappa shape index (κ3) is 4.24. The lowest BCUT2D eigenvalue weighted by molar-refractivity contribution is -0.122. The number of carbonyl (C=O) groups is 1. The van der Waals surface area contributed by atoms with Gasteiger partial charge in [-0.25, -0.2) is 5.11 Å². The van der Waals surface area contributed by atoms with Gasteiger partial charge in [0.05, 0.1) is 13.2 Å². The van der Waals surface area contributed by atoms with Gasteiger partial charge in [0.1, 0.15) is 0 Å². The summed E-state index contributed by atoms with van der Waals surface area (Å²) in [6, 6.07) is 0. The molecule has 0 bridgehead atoms. The second-order valence-corrected chi connectivity index (χ2v) is 3.39. The van der Waals surface area contributed by atoms with Crippen LogP contribution in [0, 0.1) is 0 Å². The third-order valence-electron chi connectivity index (χ3n) is 2.24. The Balaban J connectivity index is 2.11. The normalized spacial score (nSPS) is 18.5. The summed E-state index contributed by atoms with van der Waals surface area (Å²) in [5.41, 5.74) is 0. The van der Waals surface area contributed by atoms with E-state index in [0.29, 0.717) is 6.54 Å². The van der Waals surface area contributed by atoms with Crippen LogP contribution >= 0.6 is 0 Å². The van der Waals surface area contributed by atoms with Crippen molar-refractivity contribution in [2.75, 3.05) is 32.8 Å². The lowest BCUT2D eigenvalue weighted by Gasteiger charge is -2.25. The number of likely N-dealkylation sites (tertiary alicyclic amines) is 1. The fraction of sp³-hybridized carbons (Fsp3) is 0.889. The largest absolute Gasteiger partial charge is 0.353 e. The van der Waals surface area contributed by atoms with E-state index in [1.807, 2.05) is 0 Å². The fourth-order valence-corrected chi connectivity index (χ4v) is 1.57. The smallest absolute Gasteiger partial charge is 0.234 e. The number of amides is 1. The number of hydrogen-bond donors (Lipinski definition) is 1. The molecule has 1 heterocycles. The molecule has 1 saturated heterocycles. The highest BCUT2D eigenvalue weighted by molar-refractivity contribution is 5.77. The summed E-state index contributed by atoms with van der Waals surface area (Å²) >= 11 is 0. The van der Waals surface area contributed by atoms with Gasteiger partial charge < -0.3 is 5.32 Å². The summed E-state index contributed by atoms with van der Waals surface area (Å²) in [4.78, 5) is 13.3. The zero-order valence-electron chi connectivity index (χ0n) is 7.92. The van der Waals surface area contributed by atoms with Crippen LogP contribution in [0.5, 0.6) is 0 Å². The first kappa shape index (κ1) is 10.5. The standard InChI is InChI=1S/C9H17N2O2/c12-7-4-10-9(13)8-11-5-2-1-3-6-11/h1-8H2,(H,10,13). The van der Waals surface area contributed by atoms with Crippen molar-refractivity contribution in [1.29, 1.82) is 0 Å². The second kappa shape index (κ2) is 5.94. The van der Waals surface area contributed by atoms with Crippen LogP contribution in [-0.2, 0) is 9.90 Å².